The first-order chi connectivity index (χ1) is 13.3. The molecule has 0 atom stereocenters. The summed E-state index contributed by atoms with van der Waals surface area (Å²) in [6.45, 7) is 5.87. The summed E-state index contributed by atoms with van der Waals surface area (Å²) in [4.78, 5) is 0. The molecule has 0 saturated carbocycles. The van der Waals surface area contributed by atoms with Gasteiger partial charge in [-0.05, 0) is 0 Å². The van der Waals surface area contributed by atoms with E-state index in [0.29, 0.717) is 79.3 Å². The van der Waals surface area contributed by atoms with Gasteiger partial charge in [0.1, 0.15) is 0 Å². The molecule has 0 bridgehead atoms. The van der Waals surface area contributed by atoms with Crippen LogP contribution in [-0.2, 0) is 46.1 Å². The van der Waals surface area contributed by atoms with Crippen molar-refractivity contribution in [3.8, 4) is 0 Å². The van der Waals surface area contributed by atoms with Gasteiger partial charge in [0.2, 0.25) is 0 Å². The maximum Gasteiger partial charge on any atom is 0.332 e. The first-order valence-corrected chi connectivity index (χ1v) is 11.0. The van der Waals surface area contributed by atoms with E-state index in [-0.39, 0.29) is 5.41 Å². The van der Waals surface area contributed by atoms with Crippen molar-refractivity contribution < 1.29 is 46.1 Å². The Labute approximate surface area is 162 Å². The molecule has 0 aliphatic carbocycles. The highest BCUT2D eigenvalue weighted by molar-refractivity contribution is 7.42. The van der Waals surface area contributed by atoms with Gasteiger partial charge in [-0.25, -0.2) is 0 Å². The van der Waals surface area contributed by atoms with E-state index in [9.17, 15) is 0 Å². The molecule has 10 nitrogen and oxygen atoms in total. The molecule has 2 aliphatic heterocycles. The van der Waals surface area contributed by atoms with Crippen molar-refractivity contribution in [2.45, 2.75) is 0 Å². The normalized spacial score (nSPS) is 28.7. The molecule has 0 amide bonds. The van der Waals surface area contributed by atoms with Crippen molar-refractivity contribution in [1.82, 2.24) is 0 Å². The second-order valence-electron chi connectivity index (χ2n) is 5.92. The largest absolute Gasteiger partial charge is 0.382 e. The zero-order valence-corrected chi connectivity index (χ0v) is 17.8. The van der Waals surface area contributed by atoms with E-state index in [2.05, 4.69) is 0 Å². The number of hydrogen-bond acceptors (Lipinski definition) is 10. The Hall–Kier alpha value is 0.460. The molecule has 0 aromatic rings. The SMILES string of the molecule is COCCOCCOP1OCC2(CO1)COP(OCCOCCOC)OC2. The van der Waals surface area contributed by atoms with Crippen molar-refractivity contribution >= 4 is 17.2 Å². The van der Waals surface area contributed by atoms with E-state index in [4.69, 9.17) is 46.1 Å². The lowest BCUT2D eigenvalue weighted by Gasteiger charge is -2.41. The van der Waals surface area contributed by atoms with E-state index >= 15 is 0 Å². The summed E-state index contributed by atoms with van der Waals surface area (Å²) in [5, 5.41) is 0. The average molecular weight is 432 g/mol. The Morgan fingerprint density at radius 1 is 0.593 bits per heavy atom. The van der Waals surface area contributed by atoms with Crippen LogP contribution < -0.4 is 0 Å². The quantitative estimate of drug-likeness (QED) is 0.299. The van der Waals surface area contributed by atoms with Crippen LogP contribution in [0, 0.1) is 5.41 Å². The summed E-state index contributed by atoms with van der Waals surface area (Å²) < 4.78 is 54.3. The summed E-state index contributed by atoms with van der Waals surface area (Å²) in [5.41, 5.74) is -0.311. The number of methoxy groups -OCH3 is 2. The fourth-order valence-electron chi connectivity index (χ4n) is 2.06. The fraction of sp³-hybridized carbons (Fsp3) is 1.00. The van der Waals surface area contributed by atoms with Gasteiger partial charge in [-0.3, -0.25) is 0 Å². The van der Waals surface area contributed by atoms with Crippen LogP contribution in [0.4, 0.5) is 0 Å². The lowest BCUT2D eigenvalue weighted by atomic mass is 9.93. The van der Waals surface area contributed by atoms with Gasteiger partial charge >= 0.3 is 17.2 Å². The Kier molecular flexibility index (Phi) is 12.7. The second-order valence-corrected chi connectivity index (χ2v) is 8.36. The molecule has 1 spiro atoms. The number of ether oxygens (including phenoxy) is 4. The summed E-state index contributed by atoms with van der Waals surface area (Å²) in [6.07, 6.45) is 0. The van der Waals surface area contributed by atoms with Gasteiger partial charge in [0.15, 0.2) is 0 Å². The van der Waals surface area contributed by atoms with Gasteiger partial charge < -0.3 is 46.1 Å². The van der Waals surface area contributed by atoms with Gasteiger partial charge in [-0.1, -0.05) is 0 Å². The van der Waals surface area contributed by atoms with E-state index < -0.39 is 17.2 Å². The van der Waals surface area contributed by atoms with E-state index in [1.165, 1.54) is 0 Å². The highest BCUT2D eigenvalue weighted by Gasteiger charge is 2.43. The monoisotopic (exact) mass is 432 g/mol. The summed E-state index contributed by atoms with van der Waals surface area (Å²) in [5.74, 6) is 0. The van der Waals surface area contributed by atoms with Crippen LogP contribution in [0.1, 0.15) is 0 Å². The third kappa shape index (κ3) is 9.67. The van der Waals surface area contributed by atoms with Crippen LogP contribution in [0.25, 0.3) is 0 Å². The predicted molar refractivity (Wildman–Crippen MR) is 97.4 cm³/mol. The Bertz CT molecular complexity index is 325. The minimum atomic E-state index is -1.35. The molecule has 12 heteroatoms. The van der Waals surface area contributed by atoms with Gasteiger partial charge in [-0.2, -0.15) is 0 Å². The minimum Gasteiger partial charge on any atom is -0.382 e. The second kappa shape index (κ2) is 14.4. The molecule has 2 heterocycles. The number of rotatable bonds is 14. The summed E-state index contributed by atoms with van der Waals surface area (Å²) >= 11 is 0. The number of hydrogen-bond donors (Lipinski definition) is 0. The predicted octanol–water partition coefficient (Wildman–Crippen LogP) is 1.88. The van der Waals surface area contributed by atoms with Crippen molar-refractivity contribution in [2.24, 2.45) is 5.41 Å². The highest BCUT2D eigenvalue weighted by atomic mass is 31.2. The van der Waals surface area contributed by atoms with E-state index in [1.54, 1.807) is 14.2 Å². The average Bonchev–Trinajstić information content (AvgIpc) is 2.70. The molecule has 2 saturated heterocycles. The van der Waals surface area contributed by atoms with Crippen LogP contribution in [0.2, 0.25) is 0 Å². The van der Waals surface area contributed by atoms with Gasteiger partial charge in [0.05, 0.1) is 84.7 Å². The molecular formula is C15H30O10P2. The van der Waals surface area contributed by atoms with E-state index in [1.807, 2.05) is 0 Å². The molecule has 0 aromatic carbocycles. The third-order valence-electron chi connectivity index (χ3n) is 3.62. The summed E-state index contributed by atoms with van der Waals surface area (Å²) in [7, 11) is 0.569. The third-order valence-corrected chi connectivity index (χ3v) is 5.76. The highest BCUT2D eigenvalue weighted by Crippen LogP contribution is 2.52. The minimum absolute atomic E-state index is 0.311. The molecule has 160 valence electrons. The fourth-order valence-corrected chi connectivity index (χ4v) is 4.47. The molecule has 0 radical (unpaired) electrons. The van der Waals surface area contributed by atoms with Crippen LogP contribution in [0.3, 0.4) is 0 Å². The van der Waals surface area contributed by atoms with E-state index in [0.717, 1.165) is 0 Å². The van der Waals surface area contributed by atoms with Gasteiger partial charge in [-0.15, -0.1) is 0 Å². The molecule has 0 aromatic heterocycles. The summed E-state index contributed by atoms with van der Waals surface area (Å²) in [6, 6.07) is 0. The first-order valence-electron chi connectivity index (χ1n) is 8.79. The topological polar surface area (TPSA) is 92.3 Å². The molecule has 27 heavy (non-hydrogen) atoms. The van der Waals surface area contributed by atoms with Crippen molar-refractivity contribution in [2.75, 3.05) is 93.5 Å². The van der Waals surface area contributed by atoms with Gasteiger partial charge in [0.25, 0.3) is 0 Å². The maximum atomic E-state index is 5.68. The maximum absolute atomic E-state index is 5.68. The Balaban J connectivity index is 1.49. The standard InChI is InChI=1S/C15H30O10P2/c1-16-3-5-18-7-9-20-26-22-11-15(12-23-26)13-24-27(25-14-15)21-10-8-19-6-4-17-2/h3-14H2,1-2H3. The zero-order chi connectivity index (χ0) is 19.2. The molecule has 2 rings (SSSR count). The lowest BCUT2D eigenvalue weighted by molar-refractivity contribution is -0.0786. The molecule has 2 aliphatic rings. The lowest BCUT2D eigenvalue weighted by Crippen LogP contribution is -2.44. The van der Waals surface area contributed by atoms with Crippen molar-refractivity contribution in [3.05, 3.63) is 0 Å². The smallest absolute Gasteiger partial charge is 0.332 e. The van der Waals surface area contributed by atoms with Crippen LogP contribution in [0.15, 0.2) is 0 Å². The van der Waals surface area contributed by atoms with Crippen LogP contribution >= 0.6 is 17.2 Å². The van der Waals surface area contributed by atoms with Crippen LogP contribution in [-0.4, -0.2) is 93.5 Å². The Morgan fingerprint density at radius 2 is 0.963 bits per heavy atom. The van der Waals surface area contributed by atoms with Crippen molar-refractivity contribution in [3.63, 3.8) is 0 Å². The zero-order valence-electron chi connectivity index (χ0n) is 16.0. The molecular weight excluding hydrogens is 402 g/mol. The molecule has 0 N–H and O–H groups in total. The molecule has 0 unspecified atom stereocenters. The molecule has 2 fully saturated rings. The van der Waals surface area contributed by atoms with Crippen LogP contribution in [0.5, 0.6) is 0 Å². The first kappa shape index (κ1) is 23.7. The van der Waals surface area contributed by atoms with Crippen molar-refractivity contribution in [1.29, 1.82) is 0 Å². The van der Waals surface area contributed by atoms with Gasteiger partial charge in [0, 0.05) is 14.2 Å². The Morgan fingerprint density at radius 3 is 1.33 bits per heavy atom.